The van der Waals surface area contributed by atoms with Crippen molar-refractivity contribution in [1.29, 1.82) is 0 Å². The van der Waals surface area contributed by atoms with E-state index in [4.69, 9.17) is 4.74 Å². The molecule has 0 radical (unpaired) electrons. The molecule has 0 saturated carbocycles. The van der Waals surface area contributed by atoms with Gasteiger partial charge in [0.2, 0.25) is 0 Å². The highest BCUT2D eigenvalue weighted by molar-refractivity contribution is 6.31. The summed E-state index contributed by atoms with van der Waals surface area (Å²) in [5, 5.41) is 24.4. The molecule has 0 fully saturated rings. The molecule has 1 aliphatic heterocycles. The zero-order valence-electron chi connectivity index (χ0n) is 19.2. The van der Waals surface area contributed by atoms with Crippen molar-refractivity contribution in [3.05, 3.63) is 68.5 Å². The molecule has 0 bridgehead atoms. The van der Waals surface area contributed by atoms with E-state index in [-0.39, 0.29) is 50.9 Å². The highest BCUT2D eigenvalue weighted by atomic mass is 16.5. The fourth-order valence-corrected chi connectivity index (χ4v) is 4.75. The Balaban J connectivity index is 1.65. The van der Waals surface area contributed by atoms with E-state index in [9.17, 15) is 29.4 Å². The maximum absolute atomic E-state index is 13.8. The second-order valence-corrected chi connectivity index (χ2v) is 8.85. The number of nitrogens with one attached hydrogen (secondary N) is 3. The summed E-state index contributed by atoms with van der Waals surface area (Å²) in [7, 11) is 0. The van der Waals surface area contributed by atoms with Crippen molar-refractivity contribution < 1.29 is 29.3 Å². The van der Waals surface area contributed by atoms with Gasteiger partial charge in [-0.05, 0) is 45.9 Å². The summed E-state index contributed by atoms with van der Waals surface area (Å²) in [6.07, 6.45) is 1.16. The smallest absolute Gasteiger partial charge is 0.323 e. The number of ether oxygens (including phenoxy) is 1. The molecule has 1 unspecified atom stereocenters. The molecule has 10 heteroatoms. The fraction of sp³-hybridized carbons (Fsp3) is 0.200. The van der Waals surface area contributed by atoms with Crippen molar-refractivity contribution in [3.63, 3.8) is 0 Å². The summed E-state index contributed by atoms with van der Waals surface area (Å²) in [6, 6.07) is 5.01. The van der Waals surface area contributed by atoms with Crippen LogP contribution in [0.15, 0.2) is 46.1 Å². The van der Waals surface area contributed by atoms with Crippen molar-refractivity contribution in [3.8, 4) is 17.2 Å². The van der Waals surface area contributed by atoms with Gasteiger partial charge in [0.05, 0.1) is 22.2 Å². The number of hydrogen-bond donors (Lipinski definition) is 5. The maximum Gasteiger partial charge on any atom is 0.323 e. The minimum absolute atomic E-state index is 0.0263. The topological polar surface area (TPSA) is 162 Å². The molecular weight excluding hydrogens is 454 g/mol. The van der Waals surface area contributed by atoms with Crippen molar-refractivity contribution in [2.75, 3.05) is 5.32 Å². The zero-order valence-corrected chi connectivity index (χ0v) is 19.2. The first-order valence-electron chi connectivity index (χ1n) is 10.7. The van der Waals surface area contributed by atoms with Crippen molar-refractivity contribution >= 4 is 34.1 Å². The number of phenolic OH excluding ortho intramolecular Hbond substituents is 2. The fourth-order valence-electron chi connectivity index (χ4n) is 4.75. The van der Waals surface area contributed by atoms with E-state index in [2.05, 4.69) is 15.3 Å². The summed E-state index contributed by atoms with van der Waals surface area (Å²) in [4.78, 5) is 55.9. The SMILES string of the molecule is CC(=O)c1c(O)c(C)c(O)c2c1OC1=CC(=O)C(=C(C)Nc3ccc4[nH]c(=O)[nH]c4c3)C(=O)C12C. The number of imidazole rings is 1. The molecule has 5 N–H and O–H groups in total. The lowest BCUT2D eigenvalue weighted by molar-refractivity contribution is -0.123. The number of H-pyrrole nitrogens is 2. The molecule has 5 rings (SSSR count). The van der Waals surface area contributed by atoms with Crippen LogP contribution in [0.25, 0.3) is 11.0 Å². The molecule has 10 nitrogen and oxygen atoms in total. The van der Waals surface area contributed by atoms with Crippen molar-refractivity contribution in [1.82, 2.24) is 9.97 Å². The van der Waals surface area contributed by atoms with Crippen LogP contribution in [0.5, 0.6) is 17.2 Å². The molecule has 1 aromatic heterocycles. The number of carbonyl (C=O) groups excluding carboxylic acids is 3. The highest BCUT2D eigenvalue weighted by Crippen LogP contribution is 2.57. The first kappa shape index (κ1) is 22.2. The molecule has 2 heterocycles. The number of aromatic nitrogens is 2. The minimum atomic E-state index is -1.59. The Kier molecular flexibility index (Phi) is 4.57. The number of allylic oxidation sites excluding steroid dienone is 4. The van der Waals surface area contributed by atoms with E-state index < -0.39 is 28.5 Å². The number of phenols is 2. The average molecular weight is 475 g/mol. The largest absolute Gasteiger partial charge is 0.507 e. The number of fused-ring (bicyclic) bond motifs is 4. The molecule has 3 aromatic rings. The van der Waals surface area contributed by atoms with Gasteiger partial charge in [0.15, 0.2) is 17.3 Å². The van der Waals surface area contributed by atoms with Crippen LogP contribution in [-0.4, -0.2) is 37.5 Å². The van der Waals surface area contributed by atoms with E-state index in [1.165, 1.54) is 20.8 Å². The first-order valence-corrected chi connectivity index (χ1v) is 10.7. The molecule has 1 aliphatic carbocycles. The number of ketones is 3. The van der Waals surface area contributed by atoms with E-state index in [0.29, 0.717) is 16.7 Å². The third kappa shape index (κ3) is 2.96. The zero-order chi connectivity index (χ0) is 25.4. The molecular formula is C25H21N3O7. The third-order valence-electron chi connectivity index (χ3n) is 6.61. The summed E-state index contributed by atoms with van der Waals surface area (Å²) in [5.74, 6) is -2.76. The minimum Gasteiger partial charge on any atom is -0.507 e. The summed E-state index contributed by atoms with van der Waals surface area (Å²) in [6.45, 7) is 5.72. The van der Waals surface area contributed by atoms with Crippen LogP contribution in [0.3, 0.4) is 0 Å². The van der Waals surface area contributed by atoms with Crippen LogP contribution in [0.2, 0.25) is 0 Å². The Hall–Kier alpha value is -4.60. The van der Waals surface area contributed by atoms with Gasteiger partial charge in [-0.3, -0.25) is 14.4 Å². The van der Waals surface area contributed by atoms with Gasteiger partial charge in [-0.15, -0.1) is 0 Å². The highest BCUT2D eigenvalue weighted by Gasteiger charge is 2.56. The monoisotopic (exact) mass is 475 g/mol. The molecule has 0 saturated heterocycles. The van der Waals surface area contributed by atoms with E-state index in [1.807, 2.05) is 0 Å². The standard InChI is InChI=1S/C25H21N3O7/c1-9-20(31)18(11(3)29)22-19(21(9)32)25(4)16(35-22)8-15(30)17(23(25)33)10(2)26-12-5-6-13-14(7-12)28-24(34)27-13/h5-8,26,31-32H,1-4H3,(H2,27,28,34). The molecule has 2 aliphatic rings. The Bertz CT molecular complexity index is 1640. The molecule has 1 atom stereocenters. The molecule has 35 heavy (non-hydrogen) atoms. The predicted octanol–water partition coefficient (Wildman–Crippen LogP) is 2.85. The van der Waals surface area contributed by atoms with Gasteiger partial charge >= 0.3 is 5.69 Å². The van der Waals surface area contributed by atoms with Crippen molar-refractivity contribution in [2.45, 2.75) is 33.1 Å². The van der Waals surface area contributed by atoms with Gasteiger partial charge in [0, 0.05) is 23.0 Å². The normalized spacial score (nSPS) is 20.3. The lowest BCUT2D eigenvalue weighted by atomic mass is 9.70. The summed E-state index contributed by atoms with van der Waals surface area (Å²) in [5.41, 5.74) is -0.281. The van der Waals surface area contributed by atoms with Gasteiger partial charge in [-0.1, -0.05) is 0 Å². The second-order valence-electron chi connectivity index (χ2n) is 8.85. The predicted molar refractivity (Wildman–Crippen MR) is 126 cm³/mol. The summed E-state index contributed by atoms with van der Waals surface area (Å²) < 4.78 is 5.76. The quantitative estimate of drug-likeness (QED) is 0.219. The third-order valence-corrected chi connectivity index (χ3v) is 6.61. The Morgan fingerprint density at radius 2 is 1.74 bits per heavy atom. The molecule has 2 aromatic carbocycles. The molecule has 0 spiro atoms. The van der Waals surface area contributed by atoms with E-state index in [0.717, 1.165) is 6.08 Å². The van der Waals surface area contributed by atoms with Crippen molar-refractivity contribution in [2.24, 2.45) is 0 Å². The van der Waals surface area contributed by atoms with Crippen LogP contribution < -0.4 is 15.7 Å². The Morgan fingerprint density at radius 3 is 2.43 bits per heavy atom. The van der Waals surface area contributed by atoms with Gasteiger partial charge in [-0.2, -0.15) is 0 Å². The van der Waals surface area contributed by atoms with E-state index >= 15 is 0 Å². The second kappa shape index (κ2) is 7.20. The summed E-state index contributed by atoms with van der Waals surface area (Å²) >= 11 is 0. The van der Waals surface area contributed by atoms with Crippen LogP contribution in [-0.2, 0) is 15.0 Å². The van der Waals surface area contributed by atoms with Crippen LogP contribution in [0.1, 0.15) is 42.3 Å². The number of Topliss-reactive ketones (excluding diaryl/α,β-unsaturated/α-hetero) is 2. The van der Waals surface area contributed by atoms with Gasteiger partial charge in [0.25, 0.3) is 0 Å². The number of hydrogen-bond acceptors (Lipinski definition) is 8. The molecule has 178 valence electrons. The van der Waals surface area contributed by atoms with Gasteiger partial charge < -0.3 is 30.2 Å². The average Bonchev–Trinajstić information content (AvgIpc) is 3.28. The van der Waals surface area contributed by atoms with E-state index in [1.54, 1.807) is 25.1 Å². The number of carbonyl (C=O) groups is 3. The van der Waals surface area contributed by atoms with Crippen LogP contribution >= 0.6 is 0 Å². The Labute approximate surface area is 197 Å². The number of aromatic amines is 2. The number of rotatable bonds is 3. The maximum atomic E-state index is 13.8. The number of aromatic hydroxyl groups is 2. The van der Waals surface area contributed by atoms with Gasteiger partial charge in [0.1, 0.15) is 34.0 Å². The van der Waals surface area contributed by atoms with Gasteiger partial charge in [-0.25, -0.2) is 4.79 Å². The van der Waals surface area contributed by atoms with Crippen LogP contribution in [0.4, 0.5) is 5.69 Å². The lowest BCUT2D eigenvalue weighted by Crippen LogP contribution is -2.40. The lowest BCUT2D eigenvalue weighted by Gasteiger charge is -2.29. The number of anilines is 1. The van der Waals surface area contributed by atoms with Crippen LogP contribution in [0, 0.1) is 6.92 Å². The Morgan fingerprint density at radius 1 is 1.06 bits per heavy atom. The number of benzene rings is 2. The molecule has 0 amide bonds. The first-order chi connectivity index (χ1) is 16.4.